The minimum atomic E-state index is 0.188. The first kappa shape index (κ1) is 14.9. The van der Waals surface area contributed by atoms with Crippen LogP contribution in [0.5, 0.6) is 0 Å². The molecule has 2 heterocycles. The van der Waals surface area contributed by atoms with Crippen LogP contribution in [0.25, 0.3) is 11.0 Å². The molecule has 1 saturated heterocycles. The van der Waals surface area contributed by atoms with Gasteiger partial charge in [0, 0.05) is 18.7 Å². The van der Waals surface area contributed by atoms with Gasteiger partial charge in [-0.1, -0.05) is 30.3 Å². The fourth-order valence-electron chi connectivity index (χ4n) is 3.72. The lowest BCUT2D eigenvalue weighted by Gasteiger charge is -2.16. The van der Waals surface area contributed by atoms with Crippen molar-refractivity contribution in [3.8, 4) is 0 Å². The summed E-state index contributed by atoms with van der Waals surface area (Å²) < 4.78 is 2.34. The number of para-hydroxylation sites is 3. The van der Waals surface area contributed by atoms with E-state index in [4.69, 9.17) is 0 Å². The van der Waals surface area contributed by atoms with E-state index < -0.39 is 0 Å². The molecule has 4 nitrogen and oxygen atoms in total. The van der Waals surface area contributed by atoms with Gasteiger partial charge in [-0.05, 0) is 38.1 Å². The van der Waals surface area contributed by atoms with E-state index in [2.05, 4.69) is 41.6 Å². The first-order valence-corrected chi connectivity index (χ1v) is 8.52. The number of nitrogens with one attached hydrogen (secondary N) is 1. The quantitative estimate of drug-likeness (QED) is 0.737. The van der Waals surface area contributed by atoms with Crippen molar-refractivity contribution < 1.29 is 9.36 Å². The molecule has 0 spiro atoms. The zero-order valence-electron chi connectivity index (χ0n) is 14.1. The molecule has 1 N–H and O–H groups in total. The van der Waals surface area contributed by atoms with Crippen molar-refractivity contribution in [3.63, 3.8) is 0 Å². The summed E-state index contributed by atoms with van der Waals surface area (Å²) in [7, 11) is 0. The van der Waals surface area contributed by atoms with Gasteiger partial charge in [-0.2, -0.15) is 0 Å². The highest BCUT2D eigenvalue weighted by Crippen LogP contribution is 2.31. The molecule has 2 aromatic carbocycles. The minimum absolute atomic E-state index is 0.188. The molecular formula is C20H22N3O+. The molecule has 1 aromatic heterocycles. The second kappa shape index (κ2) is 5.78. The highest BCUT2D eigenvalue weighted by molar-refractivity contribution is 5.96. The summed E-state index contributed by atoms with van der Waals surface area (Å²) in [6, 6.07) is 18.6. The Bertz CT molecular complexity index is 882. The number of rotatable bonds is 3. The van der Waals surface area contributed by atoms with E-state index in [0.717, 1.165) is 23.6 Å². The molecule has 0 aliphatic carbocycles. The zero-order chi connectivity index (χ0) is 16.7. The van der Waals surface area contributed by atoms with Crippen molar-refractivity contribution in [1.29, 1.82) is 0 Å². The summed E-state index contributed by atoms with van der Waals surface area (Å²) in [6.07, 6.45) is 0.550. The number of benzene rings is 2. The largest absolute Gasteiger partial charge is 0.311 e. The second-order valence-corrected chi connectivity index (χ2v) is 6.73. The normalized spacial score (nSPS) is 18.0. The maximum atomic E-state index is 12.6. The number of carbonyl (C=O) groups excluding carboxylic acids is 1. The molecule has 4 heteroatoms. The van der Waals surface area contributed by atoms with Crippen molar-refractivity contribution in [2.24, 2.45) is 0 Å². The van der Waals surface area contributed by atoms with Gasteiger partial charge in [0.2, 0.25) is 5.91 Å². The highest BCUT2D eigenvalue weighted by atomic mass is 16.2. The van der Waals surface area contributed by atoms with Crippen molar-refractivity contribution >= 4 is 22.6 Å². The SMILES string of the molecule is CC(C)[n+]1c(C2CC(=O)N(c3ccccc3)C2)[nH]c2ccccc21. The monoisotopic (exact) mass is 320 g/mol. The van der Waals surface area contributed by atoms with Crippen molar-refractivity contribution in [3.05, 3.63) is 60.4 Å². The van der Waals surface area contributed by atoms with Crippen LogP contribution < -0.4 is 9.47 Å². The number of H-pyrrole nitrogens is 1. The minimum Gasteiger partial charge on any atom is -0.311 e. The number of hydrogen-bond donors (Lipinski definition) is 1. The Morgan fingerprint density at radius 3 is 2.54 bits per heavy atom. The van der Waals surface area contributed by atoms with E-state index in [1.165, 1.54) is 5.52 Å². The van der Waals surface area contributed by atoms with Crippen molar-refractivity contribution in [2.45, 2.75) is 32.2 Å². The zero-order valence-corrected chi connectivity index (χ0v) is 14.1. The van der Waals surface area contributed by atoms with E-state index in [0.29, 0.717) is 12.5 Å². The summed E-state index contributed by atoms with van der Waals surface area (Å²) in [5.74, 6) is 1.53. The molecule has 1 aliphatic heterocycles. The Morgan fingerprint density at radius 2 is 1.79 bits per heavy atom. The van der Waals surface area contributed by atoms with Gasteiger partial charge in [-0.3, -0.25) is 4.79 Å². The molecule has 1 fully saturated rings. The van der Waals surface area contributed by atoms with E-state index >= 15 is 0 Å². The molecule has 122 valence electrons. The van der Waals surface area contributed by atoms with Crippen molar-refractivity contribution in [1.82, 2.24) is 4.98 Å². The first-order valence-electron chi connectivity index (χ1n) is 8.52. The molecular weight excluding hydrogens is 298 g/mol. The molecule has 4 rings (SSSR count). The lowest BCUT2D eigenvalue weighted by molar-refractivity contribution is -0.699. The third-order valence-electron chi connectivity index (χ3n) is 4.78. The number of anilines is 1. The lowest BCUT2D eigenvalue weighted by atomic mass is 10.1. The standard InChI is InChI=1S/C20H21N3O/c1-14(2)23-18-11-7-6-10-17(18)21-20(23)15-12-19(24)22(13-15)16-8-4-3-5-9-16/h3-11,14-15H,12-13H2,1-2H3/p+1. The van der Waals surface area contributed by atoms with Gasteiger partial charge in [0.1, 0.15) is 0 Å². The maximum absolute atomic E-state index is 12.6. The van der Waals surface area contributed by atoms with Gasteiger partial charge in [0.05, 0.1) is 12.0 Å². The fraction of sp³-hybridized carbons (Fsp3) is 0.300. The van der Waals surface area contributed by atoms with E-state index in [1.54, 1.807) is 0 Å². The molecule has 3 aromatic rings. The molecule has 1 unspecified atom stereocenters. The first-order chi connectivity index (χ1) is 11.6. The summed E-state index contributed by atoms with van der Waals surface area (Å²) in [4.78, 5) is 18.0. The summed E-state index contributed by atoms with van der Waals surface area (Å²) in [5.41, 5.74) is 3.32. The molecule has 0 saturated carbocycles. The fourth-order valence-corrected chi connectivity index (χ4v) is 3.72. The van der Waals surface area contributed by atoms with Gasteiger partial charge >= 0.3 is 0 Å². The number of imidazole rings is 1. The van der Waals surface area contributed by atoms with Gasteiger partial charge in [-0.25, -0.2) is 9.55 Å². The molecule has 1 amide bonds. The molecule has 0 radical (unpaired) electrons. The number of amides is 1. The average Bonchev–Trinajstić information content (AvgIpc) is 3.16. The van der Waals surface area contributed by atoms with Gasteiger partial charge < -0.3 is 4.90 Å². The van der Waals surface area contributed by atoms with Crippen LogP contribution in [-0.2, 0) is 4.79 Å². The van der Waals surface area contributed by atoms with Crippen LogP contribution in [0.2, 0.25) is 0 Å². The van der Waals surface area contributed by atoms with Crippen LogP contribution in [0, 0.1) is 0 Å². The number of hydrogen-bond acceptors (Lipinski definition) is 1. The van der Waals surface area contributed by atoms with Gasteiger partial charge in [-0.15, -0.1) is 0 Å². The topological polar surface area (TPSA) is 40.0 Å². The number of fused-ring (bicyclic) bond motifs is 1. The Morgan fingerprint density at radius 1 is 1.08 bits per heavy atom. The predicted molar refractivity (Wildman–Crippen MR) is 95.0 cm³/mol. The number of carbonyl (C=O) groups is 1. The Kier molecular flexibility index (Phi) is 3.60. The number of aromatic amines is 1. The Labute approximate surface area is 141 Å². The average molecular weight is 320 g/mol. The molecule has 0 bridgehead atoms. The lowest BCUT2D eigenvalue weighted by Crippen LogP contribution is -2.41. The third kappa shape index (κ3) is 2.39. The number of nitrogens with zero attached hydrogens (tertiary/aromatic N) is 2. The van der Waals surface area contributed by atoms with Gasteiger partial charge in [0.25, 0.3) is 5.82 Å². The summed E-state index contributed by atoms with van der Waals surface area (Å²) in [6.45, 7) is 5.10. The Hall–Kier alpha value is -2.62. The van der Waals surface area contributed by atoms with Crippen LogP contribution in [0.4, 0.5) is 5.69 Å². The van der Waals surface area contributed by atoms with E-state index in [9.17, 15) is 4.79 Å². The van der Waals surface area contributed by atoms with Crippen LogP contribution in [0.3, 0.4) is 0 Å². The maximum Gasteiger partial charge on any atom is 0.260 e. The molecule has 24 heavy (non-hydrogen) atoms. The van der Waals surface area contributed by atoms with Crippen molar-refractivity contribution in [2.75, 3.05) is 11.4 Å². The van der Waals surface area contributed by atoms with E-state index in [-0.39, 0.29) is 11.8 Å². The highest BCUT2D eigenvalue weighted by Gasteiger charge is 2.38. The summed E-state index contributed by atoms with van der Waals surface area (Å²) in [5, 5.41) is 0. The Balaban J connectivity index is 1.74. The predicted octanol–water partition coefficient (Wildman–Crippen LogP) is 3.56. The molecule has 1 atom stereocenters. The second-order valence-electron chi connectivity index (χ2n) is 6.73. The summed E-state index contributed by atoms with van der Waals surface area (Å²) >= 11 is 0. The number of aromatic nitrogens is 2. The van der Waals surface area contributed by atoms with E-state index in [1.807, 2.05) is 41.3 Å². The smallest absolute Gasteiger partial charge is 0.260 e. The van der Waals surface area contributed by atoms with Crippen LogP contribution in [0.1, 0.15) is 38.1 Å². The van der Waals surface area contributed by atoms with Crippen LogP contribution in [-0.4, -0.2) is 17.4 Å². The molecule has 1 aliphatic rings. The van der Waals surface area contributed by atoms with Crippen LogP contribution in [0.15, 0.2) is 54.6 Å². The third-order valence-corrected chi connectivity index (χ3v) is 4.78. The van der Waals surface area contributed by atoms with Crippen LogP contribution >= 0.6 is 0 Å². The van der Waals surface area contributed by atoms with Gasteiger partial charge in [0.15, 0.2) is 11.0 Å².